The maximum absolute atomic E-state index is 9.36. The van der Waals surface area contributed by atoms with Crippen molar-refractivity contribution in [2.24, 2.45) is 0 Å². The smallest absolute Gasteiger partial charge is 0.0925 e. The van der Waals surface area contributed by atoms with Gasteiger partial charge in [-0.1, -0.05) is 6.42 Å². The van der Waals surface area contributed by atoms with Gasteiger partial charge in [0.1, 0.15) is 0 Å². The van der Waals surface area contributed by atoms with Crippen molar-refractivity contribution < 1.29 is 10.2 Å². The Morgan fingerprint density at radius 2 is 2.27 bits per heavy atom. The highest BCUT2D eigenvalue weighted by Gasteiger charge is 2.24. The van der Waals surface area contributed by atoms with Gasteiger partial charge in [-0.25, -0.2) is 0 Å². The zero-order valence-electron chi connectivity index (χ0n) is 7.03. The van der Waals surface area contributed by atoms with Crippen LogP contribution in [0, 0.1) is 0 Å². The van der Waals surface area contributed by atoms with Crippen LogP contribution in [0.25, 0.3) is 0 Å². The molecule has 1 saturated heterocycles. The predicted molar refractivity (Wildman–Crippen MR) is 43.4 cm³/mol. The molecule has 66 valence electrons. The van der Waals surface area contributed by atoms with Gasteiger partial charge in [0, 0.05) is 6.04 Å². The topological polar surface area (TPSA) is 43.7 Å². The molecule has 0 spiro atoms. The minimum absolute atomic E-state index is 0.116. The van der Waals surface area contributed by atoms with Crippen molar-refractivity contribution >= 4 is 0 Å². The third-order valence-electron chi connectivity index (χ3n) is 2.46. The van der Waals surface area contributed by atoms with Crippen molar-refractivity contribution in [3.8, 4) is 0 Å². The first-order chi connectivity index (χ1) is 5.25. The Hall–Kier alpha value is -0.120. The first kappa shape index (κ1) is 8.97. The monoisotopic (exact) mass is 159 g/mol. The largest absolute Gasteiger partial charge is 0.394 e. The van der Waals surface area contributed by atoms with Gasteiger partial charge in [0.25, 0.3) is 0 Å². The molecule has 0 aromatic rings. The number of hydrogen-bond acceptors (Lipinski definition) is 3. The summed E-state index contributed by atoms with van der Waals surface area (Å²) in [7, 11) is 2.00. The van der Waals surface area contributed by atoms with Crippen LogP contribution in [0.15, 0.2) is 0 Å². The Morgan fingerprint density at radius 1 is 1.55 bits per heavy atom. The Morgan fingerprint density at radius 3 is 2.82 bits per heavy atom. The predicted octanol–water partition coefficient (Wildman–Crippen LogP) is -0.176. The molecule has 1 aliphatic heterocycles. The first-order valence-corrected chi connectivity index (χ1v) is 4.25. The second-order valence-electron chi connectivity index (χ2n) is 3.29. The number of rotatable bonds is 2. The molecule has 1 fully saturated rings. The molecule has 0 amide bonds. The molecule has 3 heteroatoms. The number of nitrogens with zero attached hydrogens (tertiary/aromatic N) is 1. The van der Waals surface area contributed by atoms with Crippen molar-refractivity contribution in [1.82, 2.24) is 4.90 Å². The molecule has 1 heterocycles. The summed E-state index contributed by atoms with van der Waals surface area (Å²) < 4.78 is 0. The molecular formula is C8H17NO2. The van der Waals surface area contributed by atoms with Gasteiger partial charge in [-0.05, 0) is 26.4 Å². The lowest BCUT2D eigenvalue weighted by Crippen LogP contribution is -2.45. The summed E-state index contributed by atoms with van der Waals surface area (Å²) >= 11 is 0. The van der Waals surface area contributed by atoms with Crippen molar-refractivity contribution in [2.45, 2.75) is 31.4 Å². The molecule has 3 nitrogen and oxygen atoms in total. The summed E-state index contributed by atoms with van der Waals surface area (Å²) in [5, 5.41) is 18.1. The zero-order chi connectivity index (χ0) is 8.27. The van der Waals surface area contributed by atoms with Gasteiger partial charge in [-0.2, -0.15) is 0 Å². The van der Waals surface area contributed by atoms with Gasteiger partial charge in [-0.3, -0.25) is 0 Å². The SMILES string of the molecule is CN1CCCC[C@H]1[C@@H](O)CO. The van der Waals surface area contributed by atoms with Crippen LogP contribution in [0.5, 0.6) is 0 Å². The quantitative estimate of drug-likeness (QED) is 0.587. The average molecular weight is 159 g/mol. The summed E-state index contributed by atoms with van der Waals surface area (Å²) in [4.78, 5) is 2.13. The maximum atomic E-state index is 9.36. The number of likely N-dealkylation sites (N-methyl/N-ethyl adjacent to an activating group) is 1. The van der Waals surface area contributed by atoms with Crippen LogP contribution in [0.4, 0.5) is 0 Å². The summed E-state index contributed by atoms with van der Waals surface area (Å²) in [5.41, 5.74) is 0. The highest BCUT2D eigenvalue weighted by molar-refractivity contribution is 4.80. The minimum atomic E-state index is -0.555. The van der Waals surface area contributed by atoms with Crippen molar-refractivity contribution in [1.29, 1.82) is 0 Å². The van der Waals surface area contributed by atoms with Crippen LogP contribution in [0.2, 0.25) is 0 Å². The minimum Gasteiger partial charge on any atom is -0.394 e. The average Bonchev–Trinajstić information content (AvgIpc) is 2.04. The third kappa shape index (κ3) is 2.15. The summed E-state index contributed by atoms with van der Waals surface area (Å²) in [6.45, 7) is 0.927. The van der Waals surface area contributed by atoms with Crippen molar-refractivity contribution in [3.05, 3.63) is 0 Å². The van der Waals surface area contributed by atoms with Crippen LogP contribution in [-0.2, 0) is 0 Å². The van der Waals surface area contributed by atoms with E-state index in [1.165, 1.54) is 12.8 Å². The van der Waals surface area contributed by atoms with Crippen LogP contribution in [0.3, 0.4) is 0 Å². The van der Waals surface area contributed by atoms with Crippen molar-refractivity contribution in [3.63, 3.8) is 0 Å². The van der Waals surface area contributed by atoms with E-state index in [-0.39, 0.29) is 12.6 Å². The fourth-order valence-corrected chi connectivity index (χ4v) is 1.71. The number of piperidine rings is 1. The summed E-state index contributed by atoms with van der Waals surface area (Å²) in [5.74, 6) is 0. The van der Waals surface area contributed by atoms with Crippen molar-refractivity contribution in [2.75, 3.05) is 20.2 Å². The van der Waals surface area contributed by atoms with Crippen LogP contribution in [0.1, 0.15) is 19.3 Å². The standard InChI is InChI=1S/C8H17NO2/c1-9-5-3-2-4-7(9)8(11)6-10/h7-8,10-11H,2-6H2,1H3/t7-,8-/m0/s1. The molecular weight excluding hydrogens is 142 g/mol. The van der Waals surface area contributed by atoms with E-state index in [0.717, 1.165) is 13.0 Å². The lowest BCUT2D eigenvalue weighted by molar-refractivity contribution is 0.00497. The van der Waals surface area contributed by atoms with Crippen LogP contribution < -0.4 is 0 Å². The number of likely N-dealkylation sites (tertiary alicyclic amines) is 1. The lowest BCUT2D eigenvalue weighted by atomic mass is 9.98. The molecule has 11 heavy (non-hydrogen) atoms. The summed E-state index contributed by atoms with van der Waals surface area (Å²) in [6, 6.07) is 0.175. The van der Waals surface area contributed by atoms with E-state index in [2.05, 4.69) is 4.90 Å². The Kier molecular flexibility index (Phi) is 3.30. The van der Waals surface area contributed by atoms with E-state index in [1.54, 1.807) is 0 Å². The molecule has 1 rings (SSSR count). The number of hydrogen-bond donors (Lipinski definition) is 2. The second-order valence-corrected chi connectivity index (χ2v) is 3.29. The van der Waals surface area contributed by atoms with Gasteiger partial charge in [0.15, 0.2) is 0 Å². The molecule has 0 unspecified atom stereocenters. The number of aliphatic hydroxyl groups is 2. The Labute approximate surface area is 67.6 Å². The van der Waals surface area contributed by atoms with E-state index in [4.69, 9.17) is 5.11 Å². The van der Waals surface area contributed by atoms with E-state index >= 15 is 0 Å². The summed E-state index contributed by atoms with van der Waals surface area (Å²) in [6.07, 6.45) is 2.84. The van der Waals surface area contributed by atoms with Gasteiger partial charge in [-0.15, -0.1) is 0 Å². The molecule has 0 radical (unpaired) electrons. The third-order valence-corrected chi connectivity index (χ3v) is 2.46. The van der Waals surface area contributed by atoms with Crippen LogP contribution in [-0.4, -0.2) is 47.5 Å². The Bertz CT molecular complexity index is 115. The van der Waals surface area contributed by atoms with E-state index in [1.807, 2.05) is 7.05 Å². The molecule has 2 N–H and O–H groups in total. The van der Waals surface area contributed by atoms with Crippen LogP contribution >= 0.6 is 0 Å². The molecule has 1 aliphatic rings. The normalized spacial score (nSPS) is 30.3. The zero-order valence-corrected chi connectivity index (χ0v) is 7.03. The molecule has 0 aromatic heterocycles. The molecule has 0 aliphatic carbocycles. The Balaban J connectivity index is 2.40. The molecule has 0 saturated carbocycles. The molecule has 0 aromatic carbocycles. The van der Waals surface area contributed by atoms with E-state index in [9.17, 15) is 5.11 Å². The highest BCUT2D eigenvalue weighted by atomic mass is 16.3. The fourth-order valence-electron chi connectivity index (χ4n) is 1.71. The highest BCUT2D eigenvalue weighted by Crippen LogP contribution is 2.17. The maximum Gasteiger partial charge on any atom is 0.0925 e. The van der Waals surface area contributed by atoms with Gasteiger partial charge in [0.05, 0.1) is 12.7 Å². The van der Waals surface area contributed by atoms with Gasteiger partial charge < -0.3 is 15.1 Å². The number of aliphatic hydroxyl groups excluding tert-OH is 2. The molecule has 0 bridgehead atoms. The van der Waals surface area contributed by atoms with E-state index in [0.29, 0.717) is 0 Å². The lowest BCUT2D eigenvalue weighted by Gasteiger charge is -2.34. The first-order valence-electron chi connectivity index (χ1n) is 4.25. The second kappa shape index (κ2) is 4.04. The molecule has 2 atom stereocenters. The van der Waals surface area contributed by atoms with Gasteiger partial charge in [0.2, 0.25) is 0 Å². The fraction of sp³-hybridized carbons (Fsp3) is 1.00. The van der Waals surface area contributed by atoms with E-state index < -0.39 is 6.10 Å². The van der Waals surface area contributed by atoms with Gasteiger partial charge >= 0.3 is 0 Å².